The van der Waals surface area contributed by atoms with E-state index >= 15 is 0 Å². The highest BCUT2D eigenvalue weighted by Crippen LogP contribution is 2.34. The minimum atomic E-state index is -0.228. The smallest absolute Gasteiger partial charge is 0.233 e. The number of carbonyl (C=O) groups excluding carboxylic acids is 2. The van der Waals surface area contributed by atoms with Crippen LogP contribution in [0.15, 0.2) is 24.3 Å². The molecule has 0 bridgehead atoms. The zero-order chi connectivity index (χ0) is 14.1. The summed E-state index contributed by atoms with van der Waals surface area (Å²) in [5, 5.41) is 2.89. The molecule has 5 nitrogen and oxygen atoms in total. The normalized spacial score (nSPS) is 23.9. The molecule has 2 amide bonds. The zero-order valence-corrected chi connectivity index (χ0v) is 11.5. The lowest BCUT2D eigenvalue weighted by Crippen LogP contribution is -2.41. The molecule has 1 aromatic carbocycles. The third-order valence-electron chi connectivity index (χ3n) is 3.95. The van der Waals surface area contributed by atoms with Gasteiger partial charge in [0, 0.05) is 31.6 Å². The Kier molecular flexibility index (Phi) is 3.34. The maximum absolute atomic E-state index is 12.5. The standard InChI is InChI=1S/C15H18N2O3/c1-17(8-10-6-7-14(18)16-10)15(19)12-9-20-13-5-3-2-4-11(12)13/h2-5,10,12H,6-9H2,1H3,(H,16,18)/t10-,12?/m0/s1. The highest BCUT2D eigenvalue weighted by Gasteiger charge is 2.33. The van der Waals surface area contributed by atoms with Gasteiger partial charge in [-0.3, -0.25) is 9.59 Å². The van der Waals surface area contributed by atoms with Crippen LogP contribution in [-0.2, 0) is 9.59 Å². The summed E-state index contributed by atoms with van der Waals surface area (Å²) in [6.45, 7) is 0.961. The third kappa shape index (κ3) is 2.35. The van der Waals surface area contributed by atoms with Gasteiger partial charge in [-0.1, -0.05) is 18.2 Å². The number of hydrogen-bond donors (Lipinski definition) is 1. The van der Waals surface area contributed by atoms with Gasteiger partial charge in [-0.25, -0.2) is 0 Å². The van der Waals surface area contributed by atoms with Crippen molar-refractivity contribution >= 4 is 11.8 Å². The van der Waals surface area contributed by atoms with E-state index in [1.54, 1.807) is 11.9 Å². The van der Waals surface area contributed by atoms with Crippen LogP contribution in [0, 0.1) is 0 Å². The van der Waals surface area contributed by atoms with E-state index < -0.39 is 0 Å². The van der Waals surface area contributed by atoms with Crippen LogP contribution in [0.25, 0.3) is 0 Å². The second-order valence-electron chi connectivity index (χ2n) is 5.42. The van der Waals surface area contributed by atoms with Crippen LogP contribution in [0.3, 0.4) is 0 Å². The zero-order valence-electron chi connectivity index (χ0n) is 11.5. The summed E-state index contributed by atoms with van der Waals surface area (Å²) in [5.41, 5.74) is 0.958. The van der Waals surface area contributed by atoms with Crippen LogP contribution in [0.2, 0.25) is 0 Å². The number of carbonyl (C=O) groups is 2. The van der Waals surface area contributed by atoms with Crippen LogP contribution in [0.5, 0.6) is 5.75 Å². The first kappa shape index (κ1) is 13.0. The lowest BCUT2D eigenvalue weighted by Gasteiger charge is -2.23. The summed E-state index contributed by atoms with van der Waals surface area (Å²) in [4.78, 5) is 25.4. The fourth-order valence-corrected chi connectivity index (χ4v) is 2.87. The molecule has 20 heavy (non-hydrogen) atoms. The van der Waals surface area contributed by atoms with E-state index in [9.17, 15) is 9.59 Å². The Morgan fingerprint density at radius 2 is 2.25 bits per heavy atom. The monoisotopic (exact) mass is 274 g/mol. The number of para-hydroxylation sites is 1. The number of benzene rings is 1. The highest BCUT2D eigenvalue weighted by atomic mass is 16.5. The average Bonchev–Trinajstić information content (AvgIpc) is 3.04. The molecule has 0 radical (unpaired) electrons. The van der Waals surface area contributed by atoms with Crippen molar-refractivity contribution in [2.45, 2.75) is 24.8 Å². The van der Waals surface area contributed by atoms with Gasteiger partial charge in [0.1, 0.15) is 18.3 Å². The van der Waals surface area contributed by atoms with E-state index in [0.717, 1.165) is 17.7 Å². The first-order valence-corrected chi connectivity index (χ1v) is 6.91. The van der Waals surface area contributed by atoms with Crippen molar-refractivity contribution in [1.29, 1.82) is 0 Å². The average molecular weight is 274 g/mol. The van der Waals surface area contributed by atoms with E-state index in [-0.39, 0.29) is 23.8 Å². The second-order valence-corrected chi connectivity index (χ2v) is 5.42. The number of nitrogens with one attached hydrogen (secondary N) is 1. The molecule has 1 aromatic rings. The van der Waals surface area contributed by atoms with Crippen molar-refractivity contribution < 1.29 is 14.3 Å². The Hall–Kier alpha value is -2.04. The summed E-state index contributed by atoms with van der Waals surface area (Å²) in [6.07, 6.45) is 1.36. The number of amides is 2. The van der Waals surface area contributed by atoms with Crippen molar-refractivity contribution in [2.24, 2.45) is 0 Å². The number of ether oxygens (including phenoxy) is 1. The van der Waals surface area contributed by atoms with Crippen molar-refractivity contribution in [3.8, 4) is 5.75 Å². The van der Waals surface area contributed by atoms with Crippen LogP contribution in [0.4, 0.5) is 0 Å². The van der Waals surface area contributed by atoms with Gasteiger partial charge >= 0.3 is 0 Å². The maximum Gasteiger partial charge on any atom is 0.233 e. The van der Waals surface area contributed by atoms with Gasteiger partial charge < -0.3 is 15.0 Å². The van der Waals surface area contributed by atoms with Crippen molar-refractivity contribution in [2.75, 3.05) is 20.2 Å². The molecule has 2 aliphatic rings. The molecule has 1 N–H and O–H groups in total. The molecule has 2 aliphatic heterocycles. The first-order chi connectivity index (χ1) is 9.65. The fraction of sp³-hybridized carbons (Fsp3) is 0.467. The molecule has 1 saturated heterocycles. The highest BCUT2D eigenvalue weighted by molar-refractivity contribution is 5.85. The predicted octanol–water partition coefficient (Wildman–Crippen LogP) is 0.900. The Balaban J connectivity index is 1.66. The summed E-state index contributed by atoms with van der Waals surface area (Å²) in [7, 11) is 1.79. The largest absolute Gasteiger partial charge is 0.492 e. The van der Waals surface area contributed by atoms with Gasteiger partial charge in [-0.15, -0.1) is 0 Å². The fourth-order valence-electron chi connectivity index (χ4n) is 2.87. The van der Waals surface area contributed by atoms with Crippen LogP contribution >= 0.6 is 0 Å². The first-order valence-electron chi connectivity index (χ1n) is 6.91. The molecular formula is C15H18N2O3. The second kappa shape index (κ2) is 5.15. The molecular weight excluding hydrogens is 256 g/mol. The Labute approximate surface area is 117 Å². The van der Waals surface area contributed by atoms with Gasteiger partial charge in [-0.2, -0.15) is 0 Å². The quantitative estimate of drug-likeness (QED) is 0.891. The molecule has 0 aliphatic carbocycles. The maximum atomic E-state index is 12.5. The molecule has 0 saturated carbocycles. The van der Waals surface area contributed by atoms with Crippen molar-refractivity contribution in [1.82, 2.24) is 10.2 Å². The predicted molar refractivity (Wildman–Crippen MR) is 73.5 cm³/mol. The van der Waals surface area contributed by atoms with E-state index in [2.05, 4.69) is 5.32 Å². The summed E-state index contributed by atoms with van der Waals surface area (Å²) in [5.74, 6) is 0.697. The van der Waals surface area contributed by atoms with E-state index in [4.69, 9.17) is 4.74 Å². The number of fused-ring (bicyclic) bond motifs is 1. The summed E-state index contributed by atoms with van der Waals surface area (Å²) < 4.78 is 5.55. The molecule has 0 aromatic heterocycles. The minimum absolute atomic E-state index is 0.0519. The molecule has 0 spiro atoms. The summed E-state index contributed by atoms with van der Waals surface area (Å²) in [6, 6.07) is 7.73. The van der Waals surface area contributed by atoms with Gasteiger partial charge in [0.2, 0.25) is 11.8 Å². The lowest BCUT2D eigenvalue weighted by atomic mass is 10.00. The molecule has 1 fully saturated rings. The summed E-state index contributed by atoms with van der Waals surface area (Å²) >= 11 is 0. The van der Waals surface area contributed by atoms with Gasteiger partial charge in [0.15, 0.2) is 0 Å². The molecule has 2 heterocycles. The molecule has 2 atom stereocenters. The Bertz CT molecular complexity index is 544. The molecule has 106 valence electrons. The van der Waals surface area contributed by atoms with Crippen molar-refractivity contribution in [3.63, 3.8) is 0 Å². The molecule has 5 heteroatoms. The minimum Gasteiger partial charge on any atom is -0.492 e. The van der Waals surface area contributed by atoms with Crippen LogP contribution in [-0.4, -0.2) is 43.0 Å². The number of nitrogens with zero attached hydrogens (tertiary/aromatic N) is 1. The number of likely N-dealkylation sites (N-methyl/N-ethyl adjacent to an activating group) is 1. The number of hydrogen-bond acceptors (Lipinski definition) is 3. The van der Waals surface area contributed by atoms with E-state index in [0.29, 0.717) is 19.6 Å². The van der Waals surface area contributed by atoms with Crippen LogP contribution < -0.4 is 10.1 Å². The molecule has 3 rings (SSSR count). The Morgan fingerprint density at radius 1 is 1.45 bits per heavy atom. The van der Waals surface area contributed by atoms with E-state index in [1.807, 2.05) is 24.3 Å². The molecule has 1 unspecified atom stereocenters. The topological polar surface area (TPSA) is 58.6 Å². The van der Waals surface area contributed by atoms with E-state index in [1.165, 1.54) is 0 Å². The lowest BCUT2D eigenvalue weighted by molar-refractivity contribution is -0.132. The van der Waals surface area contributed by atoms with Gasteiger partial charge in [0.05, 0.1) is 0 Å². The van der Waals surface area contributed by atoms with Crippen molar-refractivity contribution in [3.05, 3.63) is 29.8 Å². The SMILES string of the molecule is CN(C[C@@H]1CCC(=O)N1)C(=O)C1COc2ccccc21. The third-order valence-corrected chi connectivity index (χ3v) is 3.95. The van der Waals surface area contributed by atoms with Crippen LogP contribution in [0.1, 0.15) is 24.3 Å². The number of rotatable bonds is 3. The van der Waals surface area contributed by atoms with Gasteiger partial charge in [0.25, 0.3) is 0 Å². The van der Waals surface area contributed by atoms with Gasteiger partial charge in [-0.05, 0) is 12.5 Å². The Morgan fingerprint density at radius 3 is 3.00 bits per heavy atom.